The zero-order chi connectivity index (χ0) is 20.8. The Hall–Kier alpha value is -2.27. The average Bonchev–Trinajstić information content (AvgIpc) is 3.04. The summed E-state index contributed by atoms with van der Waals surface area (Å²) < 4.78 is 1.77. The lowest BCUT2D eigenvalue weighted by molar-refractivity contribution is 0.569. The molecule has 2 heterocycles. The number of hydrogen-bond donors (Lipinski definition) is 1. The molecule has 0 bridgehead atoms. The van der Waals surface area contributed by atoms with Crippen LogP contribution in [0.5, 0.6) is 0 Å². The average molecular weight is 446 g/mol. The van der Waals surface area contributed by atoms with Gasteiger partial charge in [0, 0.05) is 43.4 Å². The molecule has 4 aromatic rings. The molecule has 1 N–H and O–H groups in total. The minimum absolute atomic E-state index is 0.161. The number of benzene rings is 2. The summed E-state index contributed by atoms with van der Waals surface area (Å²) in [5.41, 5.74) is 4.01. The van der Waals surface area contributed by atoms with Crippen LogP contribution in [0.1, 0.15) is 26.5 Å². The Labute approximate surface area is 184 Å². The number of hydrogen-bond acceptors (Lipinski definition) is 3. The van der Waals surface area contributed by atoms with Crippen molar-refractivity contribution in [1.29, 1.82) is 0 Å². The van der Waals surface area contributed by atoms with Crippen molar-refractivity contribution < 1.29 is 0 Å². The quantitative estimate of drug-likeness (QED) is 0.357. The third-order valence-corrected chi connectivity index (χ3v) is 5.31. The van der Waals surface area contributed by atoms with Crippen LogP contribution in [-0.4, -0.2) is 14.6 Å². The maximum absolute atomic E-state index is 6.44. The lowest BCUT2D eigenvalue weighted by atomic mass is 9.92. The lowest BCUT2D eigenvalue weighted by Gasteiger charge is -2.20. The highest BCUT2D eigenvalue weighted by Gasteiger charge is 2.21. The van der Waals surface area contributed by atoms with Crippen LogP contribution in [-0.2, 0) is 5.41 Å². The van der Waals surface area contributed by atoms with Gasteiger partial charge < -0.3 is 5.32 Å². The molecule has 0 unspecified atom stereocenters. The molecule has 0 saturated heterocycles. The fourth-order valence-corrected chi connectivity index (χ4v) is 3.84. The van der Waals surface area contributed by atoms with E-state index < -0.39 is 0 Å². The highest BCUT2D eigenvalue weighted by molar-refractivity contribution is 6.35. The number of halogens is 3. The number of aromatic nitrogens is 3. The summed E-state index contributed by atoms with van der Waals surface area (Å²) in [5.74, 6) is 0.761. The summed E-state index contributed by atoms with van der Waals surface area (Å²) in [4.78, 5) is 4.91. The molecular formula is C22H19Cl3N4. The van der Waals surface area contributed by atoms with Gasteiger partial charge in [-0.25, -0.2) is 4.98 Å². The van der Waals surface area contributed by atoms with Crippen molar-refractivity contribution in [3.63, 3.8) is 0 Å². The smallest absolute Gasteiger partial charge is 0.165 e. The maximum Gasteiger partial charge on any atom is 0.165 e. The fourth-order valence-electron chi connectivity index (χ4n) is 3.08. The highest BCUT2D eigenvalue weighted by atomic mass is 35.5. The first-order valence-electron chi connectivity index (χ1n) is 9.09. The van der Waals surface area contributed by atoms with Crippen molar-refractivity contribution >= 4 is 52.0 Å². The van der Waals surface area contributed by atoms with Gasteiger partial charge in [-0.2, -0.15) is 9.61 Å². The summed E-state index contributed by atoms with van der Waals surface area (Å²) in [7, 11) is 0. The number of nitrogens with zero attached hydrogens (tertiary/aromatic N) is 3. The van der Waals surface area contributed by atoms with E-state index in [1.54, 1.807) is 16.8 Å². The van der Waals surface area contributed by atoms with Gasteiger partial charge in [-0.3, -0.25) is 0 Å². The van der Waals surface area contributed by atoms with Crippen molar-refractivity contribution in [3.05, 3.63) is 75.5 Å². The van der Waals surface area contributed by atoms with Crippen molar-refractivity contribution in [1.82, 2.24) is 14.6 Å². The van der Waals surface area contributed by atoms with E-state index in [0.717, 1.165) is 34.0 Å². The van der Waals surface area contributed by atoms with Crippen molar-refractivity contribution in [2.75, 3.05) is 5.32 Å². The molecule has 0 spiro atoms. The van der Waals surface area contributed by atoms with Gasteiger partial charge in [-0.15, -0.1) is 0 Å². The summed E-state index contributed by atoms with van der Waals surface area (Å²) in [6, 6.07) is 15.0. The second kappa shape index (κ2) is 7.52. The van der Waals surface area contributed by atoms with Crippen LogP contribution in [0.4, 0.5) is 11.5 Å². The summed E-state index contributed by atoms with van der Waals surface area (Å²) >= 11 is 18.8. The number of rotatable bonds is 3. The first kappa shape index (κ1) is 20.0. The zero-order valence-electron chi connectivity index (χ0n) is 16.2. The molecule has 2 aromatic heterocycles. The second-order valence-corrected chi connectivity index (χ2v) is 9.11. The standard InChI is InChI=1S/C22H19Cl3N4/c1-22(2,3)19-11-20(27-15-9-13(23)8-14(24)10-15)29-21(28-19)17(12-26-29)16-6-4-5-7-18(16)25/h4-12,27H,1-3H3. The number of fused-ring (bicyclic) bond motifs is 1. The van der Waals surface area contributed by atoms with E-state index >= 15 is 0 Å². The minimum Gasteiger partial charge on any atom is -0.340 e. The van der Waals surface area contributed by atoms with Crippen LogP contribution >= 0.6 is 34.8 Å². The van der Waals surface area contributed by atoms with Crippen LogP contribution in [0.15, 0.2) is 54.7 Å². The molecule has 4 nitrogen and oxygen atoms in total. The Morgan fingerprint density at radius 1 is 0.897 bits per heavy atom. The molecule has 29 heavy (non-hydrogen) atoms. The second-order valence-electron chi connectivity index (χ2n) is 7.83. The Bertz CT molecular complexity index is 1190. The van der Waals surface area contributed by atoms with E-state index in [1.807, 2.05) is 42.5 Å². The van der Waals surface area contributed by atoms with Gasteiger partial charge >= 0.3 is 0 Å². The summed E-state index contributed by atoms with van der Waals surface area (Å²) in [6.07, 6.45) is 1.78. The molecule has 0 amide bonds. The Morgan fingerprint density at radius 2 is 1.59 bits per heavy atom. The van der Waals surface area contributed by atoms with Gasteiger partial charge in [0.2, 0.25) is 0 Å². The minimum atomic E-state index is -0.161. The predicted octanol–water partition coefficient (Wildman–Crippen LogP) is 7.40. The van der Waals surface area contributed by atoms with E-state index in [4.69, 9.17) is 39.8 Å². The Balaban J connectivity index is 1.93. The van der Waals surface area contributed by atoms with E-state index in [2.05, 4.69) is 31.2 Å². The molecule has 148 valence electrons. The summed E-state index contributed by atoms with van der Waals surface area (Å²) in [6.45, 7) is 6.37. The fraction of sp³-hybridized carbons (Fsp3) is 0.182. The molecule has 4 rings (SSSR count). The van der Waals surface area contributed by atoms with Crippen molar-refractivity contribution in [2.24, 2.45) is 0 Å². The van der Waals surface area contributed by atoms with Crippen LogP contribution in [0.3, 0.4) is 0 Å². The van der Waals surface area contributed by atoms with Gasteiger partial charge in [0.05, 0.1) is 11.9 Å². The number of nitrogens with one attached hydrogen (secondary N) is 1. The monoisotopic (exact) mass is 444 g/mol. The molecule has 0 aliphatic rings. The molecule has 0 fully saturated rings. The molecular weight excluding hydrogens is 427 g/mol. The SMILES string of the molecule is CC(C)(C)c1cc(Nc2cc(Cl)cc(Cl)c2)n2ncc(-c3ccccc3Cl)c2n1. The third-order valence-electron chi connectivity index (χ3n) is 4.54. The molecule has 0 aliphatic carbocycles. The first-order valence-corrected chi connectivity index (χ1v) is 10.2. The Kier molecular flexibility index (Phi) is 5.19. The van der Waals surface area contributed by atoms with Crippen LogP contribution in [0.25, 0.3) is 16.8 Å². The first-order chi connectivity index (χ1) is 13.7. The van der Waals surface area contributed by atoms with Crippen LogP contribution < -0.4 is 5.32 Å². The van der Waals surface area contributed by atoms with Gasteiger partial charge in [-0.05, 0) is 24.3 Å². The Morgan fingerprint density at radius 3 is 2.24 bits per heavy atom. The van der Waals surface area contributed by atoms with E-state index in [-0.39, 0.29) is 5.41 Å². The van der Waals surface area contributed by atoms with Crippen molar-refractivity contribution in [3.8, 4) is 11.1 Å². The van der Waals surface area contributed by atoms with Gasteiger partial charge in [0.1, 0.15) is 5.82 Å². The van der Waals surface area contributed by atoms with Crippen LogP contribution in [0, 0.1) is 0 Å². The molecule has 0 aliphatic heterocycles. The summed E-state index contributed by atoms with van der Waals surface area (Å²) in [5, 5.41) is 9.71. The third kappa shape index (κ3) is 4.06. The molecule has 7 heteroatoms. The molecule has 0 atom stereocenters. The molecule has 2 aromatic carbocycles. The zero-order valence-corrected chi connectivity index (χ0v) is 18.4. The predicted molar refractivity (Wildman–Crippen MR) is 122 cm³/mol. The van der Waals surface area contributed by atoms with Crippen molar-refractivity contribution in [2.45, 2.75) is 26.2 Å². The van der Waals surface area contributed by atoms with E-state index in [0.29, 0.717) is 15.1 Å². The van der Waals surface area contributed by atoms with Gasteiger partial charge in [0.15, 0.2) is 5.65 Å². The van der Waals surface area contributed by atoms with E-state index in [9.17, 15) is 0 Å². The van der Waals surface area contributed by atoms with Gasteiger partial charge in [0.25, 0.3) is 0 Å². The van der Waals surface area contributed by atoms with E-state index in [1.165, 1.54) is 0 Å². The number of anilines is 2. The van der Waals surface area contributed by atoms with Crippen LogP contribution in [0.2, 0.25) is 15.1 Å². The maximum atomic E-state index is 6.44. The van der Waals surface area contributed by atoms with Gasteiger partial charge in [-0.1, -0.05) is 73.8 Å². The lowest BCUT2D eigenvalue weighted by Crippen LogP contribution is -2.16. The highest BCUT2D eigenvalue weighted by Crippen LogP contribution is 2.34. The molecule has 0 saturated carbocycles. The normalized spacial score (nSPS) is 11.8. The topological polar surface area (TPSA) is 42.2 Å². The molecule has 0 radical (unpaired) electrons. The largest absolute Gasteiger partial charge is 0.340 e.